The Morgan fingerprint density at radius 2 is 1.03 bits per heavy atom. The molecule has 4 aromatic carbocycles. The number of hydrogen-bond acceptors (Lipinski definition) is 2. The lowest BCUT2D eigenvalue weighted by atomic mass is 9.93. The molecule has 0 amide bonds. The Bertz CT molecular complexity index is 1690. The summed E-state index contributed by atoms with van der Waals surface area (Å²) in [7, 11) is 0. The topological polar surface area (TPSA) is 0 Å². The normalized spacial score (nSPS) is 11.8. The zero-order valence-electron chi connectivity index (χ0n) is 19.7. The number of aryl methyl sites for hydroxylation is 5. The molecular weight excluding hydrogens is 436 g/mol. The van der Waals surface area contributed by atoms with Crippen LogP contribution in [0.25, 0.3) is 51.8 Å². The molecule has 0 aliphatic carbocycles. The van der Waals surface area contributed by atoms with Crippen LogP contribution in [-0.4, -0.2) is 0 Å². The molecule has 0 atom stereocenters. The van der Waals surface area contributed by atoms with E-state index in [0.29, 0.717) is 0 Å². The SMILES string of the molecule is Cc1ccc(-c2ccc3c(c2)sc2c4ccc(-c5c(C)cc(C)cc5C)cc4sc32)c(C)c1. The Labute approximate surface area is 203 Å². The van der Waals surface area contributed by atoms with Crippen molar-refractivity contribution in [1.29, 1.82) is 0 Å². The maximum absolute atomic E-state index is 2.40. The predicted octanol–water partition coefficient (Wildman–Crippen LogP) is 10.1. The summed E-state index contributed by atoms with van der Waals surface area (Å²) in [5.74, 6) is 0. The molecule has 0 saturated heterocycles. The molecule has 2 heteroatoms. The lowest BCUT2D eigenvalue weighted by molar-refractivity contribution is 1.32. The molecule has 33 heavy (non-hydrogen) atoms. The van der Waals surface area contributed by atoms with Crippen molar-refractivity contribution in [1.82, 2.24) is 0 Å². The van der Waals surface area contributed by atoms with E-state index in [1.54, 1.807) is 0 Å². The first-order valence-corrected chi connectivity index (χ1v) is 13.1. The molecule has 0 aliphatic heterocycles. The van der Waals surface area contributed by atoms with Crippen LogP contribution in [0.4, 0.5) is 0 Å². The van der Waals surface area contributed by atoms with E-state index in [1.165, 1.54) is 79.6 Å². The summed E-state index contributed by atoms with van der Waals surface area (Å²) in [5, 5.41) is 2.77. The monoisotopic (exact) mass is 462 g/mol. The third kappa shape index (κ3) is 3.32. The van der Waals surface area contributed by atoms with Crippen molar-refractivity contribution in [2.45, 2.75) is 34.6 Å². The van der Waals surface area contributed by atoms with Gasteiger partial charge in [0.25, 0.3) is 0 Å². The number of rotatable bonds is 2. The molecule has 0 unspecified atom stereocenters. The molecule has 6 rings (SSSR count). The first-order valence-electron chi connectivity index (χ1n) is 11.4. The molecule has 0 nitrogen and oxygen atoms in total. The molecular formula is C31H26S2. The summed E-state index contributed by atoms with van der Waals surface area (Å²) >= 11 is 3.87. The zero-order chi connectivity index (χ0) is 22.9. The summed E-state index contributed by atoms with van der Waals surface area (Å²) in [6.45, 7) is 11.0. The highest BCUT2D eigenvalue weighted by molar-refractivity contribution is 7.36. The minimum absolute atomic E-state index is 1.31. The van der Waals surface area contributed by atoms with Crippen LogP contribution in [0.5, 0.6) is 0 Å². The van der Waals surface area contributed by atoms with Crippen molar-refractivity contribution >= 4 is 52.2 Å². The standard InChI is InChI=1S/C31H26S2/c1-17-6-9-24(19(3)12-17)22-7-10-25-27(15-22)32-31-26-11-8-23(16-28(26)33-30(25)31)29-20(4)13-18(2)14-21(29)5/h6-16H,1-5H3. The molecule has 0 radical (unpaired) electrons. The van der Waals surface area contributed by atoms with E-state index in [0.717, 1.165) is 0 Å². The van der Waals surface area contributed by atoms with Gasteiger partial charge in [-0.3, -0.25) is 0 Å². The smallest absolute Gasteiger partial charge is 0.0542 e. The van der Waals surface area contributed by atoms with E-state index >= 15 is 0 Å². The number of benzene rings is 4. The summed E-state index contributed by atoms with van der Waals surface area (Å²) in [6, 6.07) is 25.4. The summed E-state index contributed by atoms with van der Waals surface area (Å²) < 4.78 is 5.61. The van der Waals surface area contributed by atoms with Crippen molar-refractivity contribution in [2.75, 3.05) is 0 Å². The Morgan fingerprint density at radius 1 is 0.485 bits per heavy atom. The van der Waals surface area contributed by atoms with Crippen LogP contribution in [0.2, 0.25) is 0 Å². The highest BCUT2D eigenvalue weighted by Crippen LogP contribution is 2.46. The van der Waals surface area contributed by atoms with Gasteiger partial charge in [0.1, 0.15) is 0 Å². The van der Waals surface area contributed by atoms with E-state index in [-0.39, 0.29) is 0 Å². The van der Waals surface area contributed by atoms with Gasteiger partial charge in [0.05, 0.1) is 9.40 Å². The average Bonchev–Trinajstić information content (AvgIpc) is 3.28. The maximum Gasteiger partial charge on any atom is 0.0542 e. The fraction of sp³-hybridized carbons (Fsp3) is 0.161. The van der Waals surface area contributed by atoms with E-state index in [9.17, 15) is 0 Å². The van der Waals surface area contributed by atoms with Gasteiger partial charge >= 0.3 is 0 Å². The third-order valence-corrected chi connectivity index (χ3v) is 9.24. The average molecular weight is 463 g/mol. The van der Waals surface area contributed by atoms with Gasteiger partial charge in [-0.1, -0.05) is 65.7 Å². The first-order chi connectivity index (χ1) is 15.9. The third-order valence-electron chi connectivity index (χ3n) is 6.74. The summed E-state index contributed by atoms with van der Waals surface area (Å²) in [4.78, 5) is 0. The molecule has 162 valence electrons. The second-order valence-corrected chi connectivity index (χ2v) is 11.5. The van der Waals surface area contributed by atoms with Gasteiger partial charge in [-0.15, -0.1) is 22.7 Å². The fourth-order valence-corrected chi connectivity index (χ4v) is 8.08. The Hall–Kier alpha value is -2.94. The van der Waals surface area contributed by atoms with Crippen LogP contribution in [0.3, 0.4) is 0 Å². The molecule has 0 spiro atoms. The molecule has 6 aromatic rings. The van der Waals surface area contributed by atoms with Crippen LogP contribution in [0.15, 0.2) is 66.7 Å². The number of fused-ring (bicyclic) bond motifs is 5. The second kappa shape index (κ2) is 7.55. The van der Waals surface area contributed by atoms with Crippen molar-refractivity contribution < 1.29 is 0 Å². The quantitative estimate of drug-likeness (QED) is 0.240. The lowest BCUT2D eigenvalue weighted by Gasteiger charge is -2.11. The van der Waals surface area contributed by atoms with Gasteiger partial charge < -0.3 is 0 Å². The van der Waals surface area contributed by atoms with Gasteiger partial charge in [0.15, 0.2) is 0 Å². The highest BCUT2D eigenvalue weighted by Gasteiger charge is 2.15. The fourth-order valence-electron chi connectivity index (χ4n) is 5.35. The van der Waals surface area contributed by atoms with E-state index in [4.69, 9.17) is 0 Å². The molecule has 0 N–H and O–H groups in total. The lowest BCUT2D eigenvalue weighted by Crippen LogP contribution is -1.89. The molecule has 0 aliphatic rings. The minimum atomic E-state index is 1.31. The Morgan fingerprint density at radius 3 is 1.64 bits per heavy atom. The van der Waals surface area contributed by atoms with Crippen LogP contribution < -0.4 is 0 Å². The van der Waals surface area contributed by atoms with Crippen molar-refractivity contribution in [3.05, 3.63) is 94.5 Å². The molecule has 0 bridgehead atoms. The zero-order valence-corrected chi connectivity index (χ0v) is 21.3. The van der Waals surface area contributed by atoms with Crippen LogP contribution >= 0.6 is 22.7 Å². The van der Waals surface area contributed by atoms with Crippen molar-refractivity contribution in [3.63, 3.8) is 0 Å². The van der Waals surface area contributed by atoms with E-state index in [1.807, 2.05) is 22.7 Å². The molecule has 0 saturated carbocycles. The highest BCUT2D eigenvalue weighted by atomic mass is 32.1. The predicted molar refractivity (Wildman–Crippen MR) is 149 cm³/mol. The van der Waals surface area contributed by atoms with E-state index < -0.39 is 0 Å². The van der Waals surface area contributed by atoms with Gasteiger partial charge in [0.2, 0.25) is 0 Å². The van der Waals surface area contributed by atoms with Gasteiger partial charge in [-0.05, 0) is 85.7 Å². The molecule has 2 heterocycles. The van der Waals surface area contributed by atoms with E-state index in [2.05, 4.69) is 101 Å². The van der Waals surface area contributed by atoms with Crippen LogP contribution in [0, 0.1) is 34.6 Å². The summed E-state index contributed by atoms with van der Waals surface area (Å²) in [5.41, 5.74) is 12.0. The maximum atomic E-state index is 2.40. The Balaban J connectivity index is 1.50. The molecule has 2 aromatic heterocycles. The van der Waals surface area contributed by atoms with Crippen molar-refractivity contribution in [3.8, 4) is 22.3 Å². The largest absolute Gasteiger partial charge is 0.134 e. The Kier molecular flexibility index (Phi) is 4.72. The molecule has 0 fully saturated rings. The van der Waals surface area contributed by atoms with Gasteiger partial charge in [-0.25, -0.2) is 0 Å². The summed E-state index contributed by atoms with van der Waals surface area (Å²) in [6.07, 6.45) is 0. The van der Waals surface area contributed by atoms with Gasteiger partial charge in [0, 0.05) is 20.2 Å². The number of thiophene rings is 2. The van der Waals surface area contributed by atoms with Crippen molar-refractivity contribution in [2.24, 2.45) is 0 Å². The minimum Gasteiger partial charge on any atom is -0.134 e. The second-order valence-electron chi connectivity index (χ2n) is 9.38. The van der Waals surface area contributed by atoms with Crippen LogP contribution in [-0.2, 0) is 0 Å². The van der Waals surface area contributed by atoms with Crippen LogP contribution in [0.1, 0.15) is 27.8 Å². The first kappa shape index (κ1) is 20.7. The number of hydrogen-bond donors (Lipinski definition) is 0. The van der Waals surface area contributed by atoms with Gasteiger partial charge in [-0.2, -0.15) is 0 Å².